The van der Waals surface area contributed by atoms with Crippen molar-refractivity contribution in [2.24, 2.45) is 0 Å². The molecule has 0 aromatic rings. The van der Waals surface area contributed by atoms with Crippen molar-refractivity contribution >= 4 is 23.5 Å². The van der Waals surface area contributed by atoms with Crippen molar-refractivity contribution in [1.82, 2.24) is 0 Å². The number of phosphoric acid groups is 3. The van der Waals surface area contributed by atoms with Crippen LogP contribution in [0.4, 0.5) is 0 Å². The van der Waals surface area contributed by atoms with E-state index in [1.54, 1.807) is 0 Å². The molecule has 1 aliphatic carbocycles. The Kier molecular flexibility index (Phi) is 19.7. The monoisotopic (exact) mass is 534 g/mol. The third-order valence-corrected chi connectivity index (χ3v) is 4.31. The van der Waals surface area contributed by atoms with Gasteiger partial charge in [-0.15, -0.1) is 0 Å². The first kappa shape index (κ1) is 36.7. The molecule has 0 saturated heterocycles. The van der Waals surface area contributed by atoms with Gasteiger partial charge in [-0.05, 0) is 0 Å². The summed E-state index contributed by atoms with van der Waals surface area (Å²) in [4.78, 5) is 58.0. The van der Waals surface area contributed by atoms with E-state index in [0.717, 1.165) is 0 Å². The van der Waals surface area contributed by atoms with Crippen LogP contribution in [0.1, 0.15) is 0 Å². The molecule has 144 valence electrons. The number of rotatable bonds is 6. The third kappa shape index (κ3) is 13.6. The van der Waals surface area contributed by atoms with Gasteiger partial charge in [-0.1, -0.05) is 0 Å². The van der Waals surface area contributed by atoms with Gasteiger partial charge >= 0.3 is 154 Å². The Morgan fingerprint density at radius 1 is 0.556 bits per heavy atom. The largest absolute Gasteiger partial charge is 1.00 e. The van der Waals surface area contributed by atoms with Crippen molar-refractivity contribution in [1.29, 1.82) is 0 Å². The predicted molar refractivity (Wildman–Crippen MR) is 62.1 cm³/mol. The van der Waals surface area contributed by atoms with Crippen LogP contribution < -0.4 is 169 Å². The Bertz CT molecular complexity index is 587. The molecule has 0 heterocycles. The van der Waals surface area contributed by atoms with Crippen LogP contribution >= 0.6 is 23.5 Å². The summed E-state index contributed by atoms with van der Waals surface area (Å²) in [5.74, 6) is 0. The summed E-state index contributed by atoms with van der Waals surface area (Å²) >= 11 is 0. The van der Waals surface area contributed by atoms with Crippen LogP contribution in [0.15, 0.2) is 0 Å². The summed E-state index contributed by atoms with van der Waals surface area (Å²) in [6, 6.07) is 0. The van der Waals surface area contributed by atoms with Crippen LogP contribution in [0.25, 0.3) is 0 Å². The average molecular weight is 534 g/mol. The van der Waals surface area contributed by atoms with Gasteiger partial charge in [0, 0.05) is 0 Å². The third-order valence-electron chi connectivity index (χ3n) is 2.78. The zero-order valence-electron chi connectivity index (χ0n) is 14.2. The smallest absolute Gasteiger partial charge is 0.756 e. The Balaban J connectivity index is -0.00000192. The molecule has 1 rings (SSSR count). The summed E-state index contributed by atoms with van der Waals surface area (Å²) in [5, 5.41) is 29.1. The van der Waals surface area contributed by atoms with E-state index in [9.17, 15) is 43.7 Å². The maximum absolute atomic E-state index is 10.8. The molecule has 6 N–H and O–H groups in total. The van der Waals surface area contributed by atoms with Gasteiger partial charge in [0.2, 0.25) is 0 Å². The molecule has 0 spiro atoms. The molecule has 0 bridgehead atoms. The molecule has 9 atom stereocenters. The van der Waals surface area contributed by atoms with Gasteiger partial charge in [-0.2, -0.15) is 0 Å². The minimum atomic E-state index is -5.72. The van der Waals surface area contributed by atoms with Crippen LogP contribution in [-0.4, -0.2) is 66.6 Å². The molecular weight excluding hydrogens is 522 g/mol. The van der Waals surface area contributed by atoms with E-state index in [0.29, 0.717) is 0 Å². The van der Waals surface area contributed by atoms with Gasteiger partial charge in [0.05, 0.1) is 0 Å². The van der Waals surface area contributed by atoms with Crippen molar-refractivity contribution < 1.29 is 226 Å². The van der Waals surface area contributed by atoms with Crippen LogP contribution in [0.2, 0.25) is 0 Å². The maximum Gasteiger partial charge on any atom is 1.00 e. The summed E-state index contributed by atoms with van der Waals surface area (Å²) < 4.78 is 43.9. The fourth-order valence-corrected chi connectivity index (χ4v) is 3.66. The normalized spacial score (nSPS) is 37.2. The van der Waals surface area contributed by atoms with E-state index < -0.39 is 60.1 Å². The molecule has 0 amide bonds. The van der Waals surface area contributed by atoms with Crippen molar-refractivity contribution in [3.8, 4) is 0 Å². The van der Waals surface area contributed by atoms with E-state index in [2.05, 4.69) is 13.6 Å². The molecular formula is C6H12K3O15P3. The first-order valence-corrected chi connectivity index (χ1v) is 10.2. The second-order valence-electron chi connectivity index (χ2n) is 4.59. The average Bonchev–Trinajstić information content (AvgIpc) is 2.32. The van der Waals surface area contributed by atoms with Gasteiger partial charge in [-0.3, -0.25) is 13.7 Å². The maximum atomic E-state index is 10.8. The van der Waals surface area contributed by atoms with Crippen molar-refractivity contribution in [2.45, 2.75) is 36.6 Å². The summed E-state index contributed by atoms with van der Waals surface area (Å²) in [6.45, 7) is 0. The van der Waals surface area contributed by atoms with Gasteiger partial charge in [0.15, 0.2) is 0 Å². The Hall–Kier alpha value is 5.12. The van der Waals surface area contributed by atoms with E-state index in [1.807, 2.05) is 0 Å². The fraction of sp³-hybridized carbons (Fsp3) is 1.00. The molecule has 0 aromatic carbocycles. The fourth-order valence-electron chi connectivity index (χ4n) is 2.00. The standard InChI is InChI=1S/C6H15O15P3.3K/c7-1-2(8)5(20-23(13,14)15)6(21-24(16,17)18)3(9)4(1)19-22(10,11)12;;;/h1-9H,(H2,10,11,12)(H2,13,14,15)(H2,16,17,18);;;/q;3*+1/p-3. The first-order valence-electron chi connectivity index (χ1n) is 5.72. The quantitative estimate of drug-likeness (QED) is 0.136. The van der Waals surface area contributed by atoms with E-state index >= 15 is 0 Å². The molecule has 9 unspecified atom stereocenters. The van der Waals surface area contributed by atoms with E-state index in [-0.39, 0.29) is 154 Å². The molecule has 27 heavy (non-hydrogen) atoms. The minimum absolute atomic E-state index is 0. The number of hydrogen-bond donors (Lipinski definition) is 6. The Morgan fingerprint density at radius 2 is 0.778 bits per heavy atom. The summed E-state index contributed by atoms with van der Waals surface area (Å²) in [7, 11) is -17.0. The van der Waals surface area contributed by atoms with E-state index in [4.69, 9.17) is 14.7 Å². The molecule has 15 nitrogen and oxygen atoms in total. The number of phosphoric ester groups is 3. The molecule has 0 aliphatic heterocycles. The molecule has 0 radical (unpaired) electrons. The first-order chi connectivity index (χ1) is 10.5. The molecule has 0 aromatic heterocycles. The second kappa shape index (κ2) is 14.5. The summed E-state index contributed by atoms with van der Waals surface area (Å²) in [6.07, 6.45) is -15.0. The van der Waals surface area contributed by atoms with Crippen LogP contribution in [0.5, 0.6) is 0 Å². The molecule has 1 fully saturated rings. The SMILES string of the molecule is O=P([O-])(O)OC1C(O)C(O)C(OP(=O)([O-])O)C(OP(=O)([O-])O)C1O.[K+].[K+].[K+]. The minimum Gasteiger partial charge on any atom is -0.756 e. The Morgan fingerprint density at radius 3 is 1.07 bits per heavy atom. The topological polar surface area (TPSA) is 269 Å². The van der Waals surface area contributed by atoms with E-state index in [1.165, 1.54) is 0 Å². The number of hydrogen-bond acceptors (Lipinski definition) is 12. The summed E-state index contributed by atoms with van der Waals surface area (Å²) in [5.41, 5.74) is 0. The zero-order chi connectivity index (χ0) is 19.1. The van der Waals surface area contributed by atoms with Crippen LogP contribution in [0.3, 0.4) is 0 Å². The van der Waals surface area contributed by atoms with Crippen LogP contribution in [-0.2, 0) is 27.3 Å². The van der Waals surface area contributed by atoms with Gasteiger partial charge in [0.1, 0.15) is 36.6 Å². The van der Waals surface area contributed by atoms with Crippen molar-refractivity contribution in [3.63, 3.8) is 0 Å². The molecule has 1 saturated carbocycles. The number of aliphatic hydroxyl groups excluding tert-OH is 3. The van der Waals surface area contributed by atoms with Gasteiger partial charge < -0.3 is 58.3 Å². The predicted octanol–water partition coefficient (Wildman–Crippen LogP) is -14.4. The van der Waals surface area contributed by atoms with Gasteiger partial charge in [-0.25, -0.2) is 0 Å². The van der Waals surface area contributed by atoms with Gasteiger partial charge in [0.25, 0.3) is 23.5 Å². The van der Waals surface area contributed by atoms with Crippen LogP contribution in [0, 0.1) is 0 Å². The van der Waals surface area contributed by atoms with Crippen molar-refractivity contribution in [2.75, 3.05) is 0 Å². The Labute approximate surface area is 279 Å². The zero-order valence-corrected chi connectivity index (χ0v) is 26.2. The number of aliphatic hydroxyl groups is 3. The molecule has 21 heteroatoms. The second-order valence-corrected chi connectivity index (χ2v) is 8.03. The van der Waals surface area contributed by atoms with Crippen molar-refractivity contribution in [3.05, 3.63) is 0 Å². The molecule has 1 aliphatic rings.